The normalized spacial score (nSPS) is 20.6. The summed E-state index contributed by atoms with van der Waals surface area (Å²) in [6.45, 7) is 9.02. The molecule has 1 aromatic carbocycles. The fraction of sp³-hybridized carbons (Fsp3) is 0.588. The van der Waals surface area contributed by atoms with Crippen LogP contribution in [0.2, 0.25) is 0 Å². The van der Waals surface area contributed by atoms with Gasteiger partial charge in [0.1, 0.15) is 0 Å². The standard InChI is InChI=1S/C17H26N2O/c1-17(2,3)18-16(20)15-10-7-11-19(13-15)12-14-8-5-4-6-9-14/h4-6,8-9,15H,7,10-13H2,1-3H3,(H,18,20)/t15-/m1/s1. The topological polar surface area (TPSA) is 32.3 Å². The summed E-state index contributed by atoms with van der Waals surface area (Å²) in [6, 6.07) is 10.5. The van der Waals surface area contributed by atoms with Crippen LogP contribution >= 0.6 is 0 Å². The number of nitrogens with zero attached hydrogens (tertiary/aromatic N) is 1. The lowest BCUT2D eigenvalue weighted by atomic mass is 9.95. The molecule has 0 bridgehead atoms. The number of nitrogens with one attached hydrogen (secondary N) is 1. The minimum atomic E-state index is -0.140. The fourth-order valence-electron chi connectivity index (χ4n) is 2.73. The monoisotopic (exact) mass is 274 g/mol. The van der Waals surface area contributed by atoms with Gasteiger partial charge in [-0.05, 0) is 45.7 Å². The molecule has 0 spiro atoms. The first-order valence-electron chi connectivity index (χ1n) is 7.52. The van der Waals surface area contributed by atoms with Gasteiger partial charge in [-0.3, -0.25) is 9.69 Å². The van der Waals surface area contributed by atoms with Crippen molar-refractivity contribution in [2.75, 3.05) is 13.1 Å². The Bertz CT molecular complexity index is 436. The van der Waals surface area contributed by atoms with Crippen LogP contribution in [0.4, 0.5) is 0 Å². The van der Waals surface area contributed by atoms with E-state index in [4.69, 9.17) is 0 Å². The minimum Gasteiger partial charge on any atom is -0.351 e. The van der Waals surface area contributed by atoms with Crippen LogP contribution in [-0.2, 0) is 11.3 Å². The Morgan fingerprint density at radius 2 is 2.00 bits per heavy atom. The predicted molar refractivity (Wildman–Crippen MR) is 82.3 cm³/mol. The summed E-state index contributed by atoms with van der Waals surface area (Å²) in [7, 11) is 0. The van der Waals surface area contributed by atoms with E-state index in [1.807, 2.05) is 26.8 Å². The van der Waals surface area contributed by atoms with Gasteiger partial charge in [-0.2, -0.15) is 0 Å². The molecule has 1 N–H and O–H groups in total. The van der Waals surface area contributed by atoms with Crippen molar-refractivity contribution in [2.45, 2.75) is 45.7 Å². The molecule has 1 aliphatic heterocycles. The first kappa shape index (κ1) is 15.0. The van der Waals surface area contributed by atoms with Crippen molar-refractivity contribution in [1.29, 1.82) is 0 Å². The molecule has 0 aliphatic carbocycles. The van der Waals surface area contributed by atoms with Gasteiger partial charge >= 0.3 is 0 Å². The number of hydrogen-bond donors (Lipinski definition) is 1. The van der Waals surface area contributed by atoms with E-state index < -0.39 is 0 Å². The van der Waals surface area contributed by atoms with Crippen molar-refractivity contribution in [3.8, 4) is 0 Å². The second-order valence-electron chi connectivity index (χ2n) is 6.80. The van der Waals surface area contributed by atoms with E-state index in [9.17, 15) is 4.79 Å². The lowest BCUT2D eigenvalue weighted by molar-refractivity contribution is -0.128. The second-order valence-corrected chi connectivity index (χ2v) is 6.80. The summed E-state index contributed by atoms with van der Waals surface area (Å²) in [5, 5.41) is 3.11. The Hall–Kier alpha value is -1.35. The van der Waals surface area contributed by atoms with Crippen molar-refractivity contribution in [2.24, 2.45) is 5.92 Å². The molecule has 3 nitrogen and oxygen atoms in total. The maximum absolute atomic E-state index is 12.3. The summed E-state index contributed by atoms with van der Waals surface area (Å²) in [6.07, 6.45) is 2.11. The first-order chi connectivity index (χ1) is 9.44. The minimum absolute atomic E-state index is 0.131. The molecule has 2 rings (SSSR count). The Balaban J connectivity index is 1.90. The molecule has 20 heavy (non-hydrogen) atoms. The molecule has 1 atom stereocenters. The third kappa shape index (κ3) is 4.64. The lowest BCUT2D eigenvalue weighted by Gasteiger charge is -2.33. The maximum atomic E-state index is 12.3. The fourth-order valence-corrected chi connectivity index (χ4v) is 2.73. The first-order valence-corrected chi connectivity index (χ1v) is 7.52. The molecule has 1 fully saturated rings. The van der Waals surface area contributed by atoms with Gasteiger partial charge in [0.2, 0.25) is 5.91 Å². The van der Waals surface area contributed by atoms with Crippen LogP contribution in [0.1, 0.15) is 39.2 Å². The van der Waals surface area contributed by atoms with Crippen molar-refractivity contribution >= 4 is 5.91 Å². The third-order valence-electron chi connectivity index (χ3n) is 3.62. The largest absolute Gasteiger partial charge is 0.351 e. The highest BCUT2D eigenvalue weighted by molar-refractivity contribution is 5.79. The molecule has 0 saturated carbocycles. The summed E-state index contributed by atoms with van der Waals surface area (Å²) in [4.78, 5) is 14.7. The average molecular weight is 274 g/mol. The molecular formula is C17H26N2O. The average Bonchev–Trinajstić information content (AvgIpc) is 2.38. The smallest absolute Gasteiger partial charge is 0.224 e. The van der Waals surface area contributed by atoms with E-state index in [1.54, 1.807) is 0 Å². The number of carbonyl (C=O) groups excluding carboxylic acids is 1. The highest BCUT2D eigenvalue weighted by Gasteiger charge is 2.27. The van der Waals surface area contributed by atoms with Gasteiger partial charge in [0.15, 0.2) is 0 Å². The van der Waals surface area contributed by atoms with E-state index >= 15 is 0 Å². The molecule has 1 aromatic rings. The number of rotatable bonds is 3. The van der Waals surface area contributed by atoms with Gasteiger partial charge in [0.25, 0.3) is 0 Å². The third-order valence-corrected chi connectivity index (χ3v) is 3.62. The Morgan fingerprint density at radius 3 is 2.65 bits per heavy atom. The van der Waals surface area contributed by atoms with Gasteiger partial charge in [0, 0.05) is 18.6 Å². The SMILES string of the molecule is CC(C)(C)NC(=O)[C@@H]1CCCN(Cc2ccccc2)C1. The molecule has 1 aliphatic rings. The zero-order chi connectivity index (χ0) is 14.6. The molecule has 3 heteroatoms. The van der Waals surface area contributed by atoms with Gasteiger partial charge in [-0.1, -0.05) is 30.3 Å². The number of carbonyl (C=O) groups is 1. The van der Waals surface area contributed by atoms with Crippen LogP contribution in [0.15, 0.2) is 30.3 Å². The molecule has 1 amide bonds. The predicted octanol–water partition coefficient (Wildman–Crippen LogP) is 2.81. The van der Waals surface area contributed by atoms with Crippen LogP contribution in [0.5, 0.6) is 0 Å². The summed E-state index contributed by atoms with van der Waals surface area (Å²) >= 11 is 0. The van der Waals surface area contributed by atoms with Gasteiger partial charge in [-0.15, -0.1) is 0 Å². The Labute approximate surface area is 122 Å². The highest BCUT2D eigenvalue weighted by Crippen LogP contribution is 2.19. The van der Waals surface area contributed by atoms with Gasteiger partial charge in [-0.25, -0.2) is 0 Å². The van der Waals surface area contributed by atoms with Gasteiger partial charge in [0.05, 0.1) is 5.92 Å². The second kappa shape index (κ2) is 6.40. The maximum Gasteiger partial charge on any atom is 0.224 e. The van der Waals surface area contributed by atoms with Crippen LogP contribution in [0.3, 0.4) is 0 Å². The number of amides is 1. The number of hydrogen-bond acceptors (Lipinski definition) is 2. The molecule has 0 radical (unpaired) electrons. The highest BCUT2D eigenvalue weighted by atomic mass is 16.2. The lowest BCUT2D eigenvalue weighted by Crippen LogP contribution is -2.48. The molecule has 1 saturated heterocycles. The van der Waals surface area contributed by atoms with Crippen LogP contribution in [-0.4, -0.2) is 29.4 Å². The molecule has 0 unspecified atom stereocenters. The summed E-state index contributed by atoms with van der Waals surface area (Å²) in [5.41, 5.74) is 1.18. The van der Waals surface area contributed by atoms with E-state index in [1.165, 1.54) is 5.56 Å². The Morgan fingerprint density at radius 1 is 1.30 bits per heavy atom. The van der Waals surface area contributed by atoms with Crippen molar-refractivity contribution in [1.82, 2.24) is 10.2 Å². The van der Waals surface area contributed by atoms with E-state index in [2.05, 4.69) is 34.5 Å². The summed E-state index contributed by atoms with van der Waals surface area (Å²) < 4.78 is 0. The Kier molecular flexibility index (Phi) is 4.81. The van der Waals surface area contributed by atoms with Crippen LogP contribution < -0.4 is 5.32 Å². The molecular weight excluding hydrogens is 248 g/mol. The van der Waals surface area contributed by atoms with Crippen LogP contribution in [0, 0.1) is 5.92 Å². The zero-order valence-corrected chi connectivity index (χ0v) is 12.9. The van der Waals surface area contributed by atoms with Gasteiger partial charge < -0.3 is 5.32 Å². The zero-order valence-electron chi connectivity index (χ0n) is 12.9. The van der Waals surface area contributed by atoms with E-state index in [-0.39, 0.29) is 17.4 Å². The van der Waals surface area contributed by atoms with Crippen molar-refractivity contribution in [3.63, 3.8) is 0 Å². The molecule has 1 heterocycles. The molecule has 0 aromatic heterocycles. The van der Waals surface area contributed by atoms with Crippen molar-refractivity contribution < 1.29 is 4.79 Å². The number of benzene rings is 1. The van der Waals surface area contributed by atoms with Crippen molar-refractivity contribution in [3.05, 3.63) is 35.9 Å². The number of piperidine rings is 1. The van der Waals surface area contributed by atoms with E-state index in [0.29, 0.717) is 0 Å². The van der Waals surface area contributed by atoms with Crippen LogP contribution in [0.25, 0.3) is 0 Å². The quantitative estimate of drug-likeness (QED) is 0.919. The number of likely N-dealkylation sites (tertiary alicyclic amines) is 1. The molecule has 110 valence electrons. The van der Waals surface area contributed by atoms with E-state index in [0.717, 1.165) is 32.5 Å². The summed E-state index contributed by atoms with van der Waals surface area (Å²) in [5.74, 6) is 0.335.